The van der Waals surface area contributed by atoms with Gasteiger partial charge in [-0.05, 0) is 53.9 Å². The second-order valence-electron chi connectivity index (χ2n) is 12.9. The van der Waals surface area contributed by atoms with Crippen molar-refractivity contribution >= 4 is 8.32 Å². The van der Waals surface area contributed by atoms with Crippen LogP contribution in [-0.2, 0) is 19.5 Å². The van der Waals surface area contributed by atoms with Crippen LogP contribution in [0.4, 0.5) is 0 Å². The van der Waals surface area contributed by atoms with Crippen molar-refractivity contribution in [1.82, 2.24) is 9.55 Å². The van der Waals surface area contributed by atoms with Crippen LogP contribution in [0.15, 0.2) is 101 Å². The van der Waals surface area contributed by atoms with Crippen molar-refractivity contribution in [2.24, 2.45) is 0 Å². The molecule has 0 unspecified atom stereocenters. The highest BCUT2D eigenvalue weighted by molar-refractivity contribution is 6.74. The van der Waals surface area contributed by atoms with Crippen molar-refractivity contribution in [3.05, 3.63) is 134 Å². The molecule has 0 spiro atoms. The predicted molar refractivity (Wildman–Crippen MR) is 182 cm³/mol. The first kappa shape index (κ1) is 35.1. The number of aliphatic hydroxyl groups is 1. The molecule has 1 heterocycles. The van der Waals surface area contributed by atoms with Crippen molar-refractivity contribution < 1.29 is 23.7 Å². The first-order valence-corrected chi connectivity index (χ1v) is 18.3. The second-order valence-corrected chi connectivity index (χ2v) is 17.7. The third-order valence-electron chi connectivity index (χ3n) is 8.75. The van der Waals surface area contributed by atoms with Gasteiger partial charge in [-0.3, -0.25) is 14.3 Å². The van der Waals surface area contributed by atoms with Crippen molar-refractivity contribution in [1.29, 1.82) is 0 Å². The molecule has 0 bridgehead atoms. The van der Waals surface area contributed by atoms with Crippen molar-refractivity contribution in [2.45, 2.75) is 63.8 Å². The van der Waals surface area contributed by atoms with E-state index in [1.807, 2.05) is 84.9 Å². The summed E-state index contributed by atoms with van der Waals surface area (Å²) in [5.74, 6) is 0.710. The zero-order valence-electron chi connectivity index (χ0n) is 27.8. The van der Waals surface area contributed by atoms with Gasteiger partial charge >= 0.3 is 5.69 Å². The summed E-state index contributed by atoms with van der Waals surface area (Å²) in [6, 6.07) is 27.4. The number of hydrogen-bond acceptors (Lipinski definition) is 7. The lowest BCUT2D eigenvalue weighted by Gasteiger charge is -2.39. The Bertz CT molecular complexity index is 1620. The number of ether oxygens (including phenoxy) is 3. The lowest BCUT2D eigenvalue weighted by atomic mass is 9.80. The van der Waals surface area contributed by atoms with Crippen molar-refractivity contribution in [2.75, 3.05) is 26.9 Å². The summed E-state index contributed by atoms with van der Waals surface area (Å²) < 4.78 is 26.6. The summed E-state index contributed by atoms with van der Waals surface area (Å²) in [5.41, 5.74) is 0.795. The Balaban J connectivity index is 1.74. The van der Waals surface area contributed by atoms with E-state index < -0.39 is 44.1 Å². The Morgan fingerprint density at radius 1 is 0.848 bits per heavy atom. The fourth-order valence-corrected chi connectivity index (χ4v) is 5.97. The first-order chi connectivity index (χ1) is 21.8. The number of hydrogen-bond donors (Lipinski definition) is 2. The Morgan fingerprint density at radius 2 is 1.39 bits per heavy atom. The molecule has 9 nitrogen and oxygen atoms in total. The van der Waals surface area contributed by atoms with E-state index in [-0.39, 0.29) is 18.3 Å². The number of aryl methyl sites for hydroxylation is 1. The standard InChI is InChI=1S/C36H46N2O7Si/c1-26-22-38(34(41)37-33(26)40)32(25-44-46(6,7)35(2,3)4)45-31(23-39)24-43-36(27-14-10-8-11-15-27,28-16-12-9-13-17-28)29-18-20-30(42-5)21-19-29/h8-22,31-32,39H,23-25H2,1-7H3,(H,37,40,41)/t31-,32+/m0/s1. The van der Waals surface area contributed by atoms with Gasteiger partial charge in [0.1, 0.15) is 17.5 Å². The molecule has 0 aliphatic carbocycles. The van der Waals surface area contributed by atoms with E-state index in [2.05, 4.69) is 38.8 Å². The second kappa shape index (κ2) is 14.7. The maximum absolute atomic E-state index is 13.0. The van der Waals surface area contributed by atoms with Crippen molar-refractivity contribution in [3.8, 4) is 5.75 Å². The Hall–Kier alpha value is -3.80. The quantitative estimate of drug-likeness (QED) is 0.132. The fourth-order valence-electron chi connectivity index (χ4n) is 4.98. The molecule has 1 aromatic heterocycles. The van der Waals surface area contributed by atoms with Crippen molar-refractivity contribution in [3.63, 3.8) is 0 Å². The van der Waals surface area contributed by atoms with Gasteiger partial charge in [-0.25, -0.2) is 4.79 Å². The average molecular weight is 647 g/mol. The van der Waals surface area contributed by atoms with Gasteiger partial charge in [0.2, 0.25) is 0 Å². The maximum atomic E-state index is 13.0. The number of rotatable bonds is 14. The van der Waals surface area contributed by atoms with Crippen LogP contribution >= 0.6 is 0 Å². The van der Waals surface area contributed by atoms with Crippen LogP contribution < -0.4 is 16.0 Å². The normalized spacial score (nSPS) is 13.7. The van der Waals surface area contributed by atoms with Crippen LogP contribution in [0.25, 0.3) is 0 Å². The van der Waals surface area contributed by atoms with Crippen LogP contribution in [0.5, 0.6) is 5.75 Å². The summed E-state index contributed by atoms with van der Waals surface area (Å²) in [6.45, 7) is 11.8. The van der Waals surface area contributed by atoms with E-state index >= 15 is 0 Å². The van der Waals surface area contributed by atoms with Gasteiger partial charge in [-0.1, -0.05) is 93.6 Å². The van der Waals surface area contributed by atoms with Gasteiger partial charge in [-0.2, -0.15) is 0 Å². The molecule has 0 saturated carbocycles. The van der Waals surface area contributed by atoms with E-state index in [0.29, 0.717) is 11.3 Å². The highest BCUT2D eigenvalue weighted by Crippen LogP contribution is 2.41. The molecule has 2 N–H and O–H groups in total. The molecule has 246 valence electrons. The smallest absolute Gasteiger partial charge is 0.330 e. The number of methoxy groups -OCH3 is 1. The van der Waals surface area contributed by atoms with Gasteiger partial charge in [0.15, 0.2) is 14.5 Å². The summed E-state index contributed by atoms with van der Waals surface area (Å²) in [5, 5.41) is 10.5. The monoisotopic (exact) mass is 646 g/mol. The number of aromatic amines is 1. The Labute approximate surface area is 271 Å². The van der Waals surface area contributed by atoms with E-state index in [1.165, 1.54) is 10.8 Å². The largest absolute Gasteiger partial charge is 0.497 e. The Kier molecular flexibility index (Phi) is 11.2. The van der Waals surface area contributed by atoms with Gasteiger partial charge in [0.05, 0.1) is 26.9 Å². The number of benzene rings is 3. The molecule has 10 heteroatoms. The molecule has 4 aromatic rings. The lowest BCUT2D eigenvalue weighted by molar-refractivity contribution is -0.137. The molecular weight excluding hydrogens is 600 g/mol. The van der Waals surface area contributed by atoms with E-state index in [9.17, 15) is 14.7 Å². The summed E-state index contributed by atoms with van der Waals surface area (Å²) >= 11 is 0. The molecule has 0 amide bonds. The number of H-pyrrole nitrogens is 1. The minimum absolute atomic E-state index is 0.0410. The summed E-state index contributed by atoms with van der Waals surface area (Å²) in [4.78, 5) is 27.6. The zero-order valence-corrected chi connectivity index (χ0v) is 28.8. The third-order valence-corrected chi connectivity index (χ3v) is 13.2. The minimum Gasteiger partial charge on any atom is -0.497 e. The van der Waals surface area contributed by atoms with E-state index in [0.717, 1.165) is 16.7 Å². The van der Waals surface area contributed by atoms with Gasteiger partial charge in [0.25, 0.3) is 5.56 Å². The molecule has 2 atom stereocenters. The predicted octanol–water partition coefficient (Wildman–Crippen LogP) is 5.76. The van der Waals surface area contributed by atoms with E-state index in [1.54, 1.807) is 14.0 Å². The Morgan fingerprint density at radius 3 is 1.89 bits per heavy atom. The lowest BCUT2D eigenvalue weighted by Crippen LogP contribution is -2.45. The molecule has 46 heavy (non-hydrogen) atoms. The molecular formula is C36H46N2O7Si. The van der Waals surface area contributed by atoms with Gasteiger partial charge < -0.3 is 23.7 Å². The van der Waals surface area contributed by atoms with Gasteiger partial charge in [-0.15, -0.1) is 0 Å². The fraction of sp³-hybridized carbons (Fsp3) is 0.389. The number of aromatic nitrogens is 2. The summed E-state index contributed by atoms with van der Waals surface area (Å²) in [6.07, 6.45) is -0.343. The molecule has 0 radical (unpaired) electrons. The van der Waals surface area contributed by atoms with Crippen LogP contribution in [0.2, 0.25) is 18.1 Å². The number of aliphatic hydroxyl groups excluding tert-OH is 1. The summed E-state index contributed by atoms with van der Waals surface area (Å²) in [7, 11) is -0.642. The SMILES string of the molecule is COc1ccc(C(OC[C@H](CO)O[C@H](CO[Si](C)(C)C(C)(C)C)n2cc(C)c(=O)[nH]c2=O)(c2ccccc2)c2ccccc2)cc1. The van der Waals surface area contributed by atoms with Crippen LogP contribution in [0, 0.1) is 6.92 Å². The molecule has 0 aliphatic heterocycles. The molecule has 4 rings (SSSR count). The topological polar surface area (TPSA) is 112 Å². The van der Waals surface area contributed by atoms with Crippen LogP contribution in [0.1, 0.15) is 49.3 Å². The zero-order chi connectivity index (χ0) is 33.5. The molecule has 0 aliphatic rings. The average Bonchev–Trinajstić information content (AvgIpc) is 3.05. The molecule has 3 aromatic carbocycles. The van der Waals surface area contributed by atoms with Crippen LogP contribution in [-0.4, -0.2) is 56.0 Å². The van der Waals surface area contributed by atoms with Crippen LogP contribution in [0.3, 0.4) is 0 Å². The highest BCUT2D eigenvalue weighted by atomic mass is 28.4. The molecule has 0 fully saturated rings. The minimum atomic E-state index is -2.26. The number of nitrogens with zero attached hydrogens (tertiary/aromatic N) is 1. The molecule has 0 saturated heterocycles. The first-order valence-electron chi connectivity index (χ1n) is 15.4. The highest BCUT2D eigenvalue weighted by Gasteiger charge is 2.40. The third kappa shape index (κ3) is 7.76. The number of nitrogens with one attached hydrogen (secondary N) is 1. The van der Waals surface area contributed by atoms with Gasteiger partial charge in [0, 0.05) is 11.8 Å². The van der Waals surface area contributed by atoms with E-state index in [4.69, 9.17) is 18.6 Å². The maximum Gasteiger partial charge on any atom is 0.330 e.